The van der Waals surface area contributed by atoms with Gasteiger partial charge in [-0.15, -0.1) is 0 Å². The highest BCUT2D eigenvalue weighted by Gasteiger charge is 2.46. The molecule has 0 aromatic heterocycles. The highest BCUT2D eigenvalue weighted by molar-refractivity contribution is 5.81. The molecule has 0 spiro atoms. The average Bonchev–Trinajstić information content (AvgIpc) is 2.41. The number of aliphatic hydroxyl groups excluding tert-OH is 1. The molecule has 0 amide bonds. The summed E-state index contributed by atoms with van der Waals surface area (Å²) in [6, 6.07) is 0. The number of aliphatic hydroxyl groups is 1. The van der Waals surface area contributed by atoms with Gasteiger partial charge < -0.3 is 9.84 Å². The molecular weight excluding hydrogens is 218 g/mol. The molecule has 0 aromatic carbocycles. The van der Waals surface area contributed by atoms with Gasteiger partial charge in [0.2, 0.25) is 0 Å². The molecule has 0 aromatic rings. The second-order valence-corrected chi connectivity index (χ2v) is 5.20. The predicted octanol–water partition coefficient (Wildman–Crippen LogP) is 1.67. The number of likely N-dealkylation sites (tertiary alicyclic amines) is 1. The molecule has 0 bridgehead atoms. The van der Waals surface area contributed by atoms with E-state index < -0.39 is 12.3 Å². The summed E-state index contributed by atoms with van der Waals surface area (Å²) in [6.45, 7) is 1.51. The van der Waals surface area contributed by atoms with Crippen LogP contribution in [0, 0.1) is 0 Å². The van der Waals surface area contributed by atoms with Crippen LogP contribution >= 0.6 is 0 Å². The molecule has 4 nitrogen and oxygen atoms in total. The topological polar surface area (TPSA) is 49.8 Å². The number of hydrogen-bond donors (Lipinski definition) is 1. The second kappa shape index (κ2) is 5.83. The van der Waals surface area contributed by atoms with Crippen molar-refractivity contribution in [2.75, 3.05) is 19.9 Å². The molecule has 0 atom stereocenters. The van der Waals surface area contributed by atoms with Crippen LogP contribution in [0.25, 0.3) is 0 Å². The van der Waals surface area contributed by atoms with Gasteiger partial charge in [-0.25, -0.2) is 4.79 Å². The lowest BCUT2D eigenvalue weighted by molar-refractivity contribution is -0.170. The molecule has 1 saturated heterocycles. The Kier molecular flexibility index (Phi) is 4.40. The fourth-order valence-corrected chi connectivity index (χ4v) is 3.30. The Bertz CT molecular complexity index is 255. The van der Waals surface area contributed by atoms with Crippen molar-refractivity contribution in [3.05, 3.63) is 0 Å². The zero-order valence-electron chi connectivity index (χ0n) is 10.5. The first kappa shape index (κ1) is 12.8. The van der Waals surface area contributed by atoms with Crippen LogP contribution in [-0.2, 0) is 9.53 Å². The van der Waals surface area contributed by atoms with E-state index in [1.165, 1.54) is 25.7 Å². The Balaban J connectivity index is 2.12. The van der Waals surface area contributed by atoms with Gasteiger partial charge in [-0.3, -0.25) is 4.90 Å². The zero-order chi connectivity index (χ0) is 12.1. The smallest absolute Gasteiger partial charge is 0.328 e. The van der Waals surface area contributed by atoms with Gasteiger partial charge in [-0.1, -0.05) is 25.7 Å². The summed E-state index contributed by atoms with van der Waals surface area (Å²) in [5.74, 6) is -0.207. The highest BCUT2D eigenvalue weighted by atomic mass is 16.6. The van der Waals surface area contributed by atoms with Gasteiger partial charge in [0.1, 0.15) is 5.54 Å². The number of esters is 1. The summed E-state index contributed by atoms with van der Waals surface area (Å²) in [4.78, 5) is 14.5. The first-order valence-electron chi connectivity index (χ1n) is 6.83. The average molecular weight is 241 g/mol. The first-order chi connectivity index (χ1) is 8.29. The van der Waals surface area contributed by atoms with E-state index in [-0.39, 0.29) is 5.97 Å². The molecule has 1 N–H and O–H groups in total. The fourth-order valence-electron chi connectivity index (χ4n) is 3.30. The summed E-state index contributed by atoms with van der Waals surface area (Å²) >= 11 is 0. The third-order valence-corrected chi connectivity index (χ3v) is 4.22. The van der Waals surface area contributed by atoms with Crippen LogP contribution in [0.2, 0.25) is 0 Å². The third kappa shape index (κ3) is 2.63. The summed E-state index contributed by atoms with van der Waals surface area (Å²) in [5.41, 5.74) is -0.429. The minimum absolute atomic E-state index is 0.207. The molecule has 1 heterocycles. The van der Waals surface area contributed by atoms with E-state index >= 15 is 0 Å². The molecule has 2 fully saturated rings. The van der Waals surface area contributed by atoms with Gasteiger partial charge in [0, 0.05) is 0 Å². The quantitative estimate of drug-likeness (QED) is 0.603. The molecule has 17 heavy (non-hydrogen) atoms. The maximum Gasteiger partial charge on any atom is 0.328 e. The van der Waals surface area contributed by atoms with E-state index in [1.54, 1.807) is 0 Å². The number of hydrogen-bond acceptors (Lipinski definition) is 4. The molecule has 1 aliphatic carbocycles. The van der Waals surface area contributed by atoms with Crippen LogP contribution in [0.1, 0.15) is 51.4 Å². The monoisotopic (exact) mass is 241 g/mol. The van der Waals surface area contributed by atoms with Crippen LogP contribution < -0.4 is 0 Å². The molecular formula is C13H23NO3. The van der Waals surface area contributed by atoms with E-state index in [1.807, 2.05) is 0 Å². The molecule has 0 radical (unpaired) electrons. The lowest BCUT2D eigenvalue weighted by Gasteiger charge is -2.45. The molecule has 1 saturated carbocycles. The predicted molar refractivity (Wildman–Crippen MR) is 64.4 cm³/mol. The molecule has 2 aliphatic rings. The van der Waals surface area contributed by atoms with Gasteiger partial charge in [0.25, 0.3) is 0 Å². The minimum Gasteiger partial charge on any atom is -0.437 e. The summed E-state index contributed by atoms with van der Waals surface area (Å²) in [5, 5.41) is 8.82. The van der Waals surface area contributed by atoms with Gasteiger partial charge in [0.05, 0.1) is 0 Å². The molecule has 1 aliphatic heterocycles. The first-order valence-corrected chi connectivity index (χ1v) is 6.83. The van der Waals surface area contributed by atoms with E-state index in [0.29, 0.717) is 0 Å². The lowest BCUT2D eigenvalue weighted by Crippen LogP contribution is -2.58. The Morgan fingerprint density at radius 3 is 2.24 bits per heavy atom. The number of rotatable bonds is 3. The highest BCUT2D eigenvalue weighted by Crippen LogP contribution is 2.36. The van der Waals surface area contributed by atoms with Gasteiger partial charge in [0.15, 0.2) is 6.79 Å². The van der Waals surface area contributed by atoms with Crippen molar-refractivity contribution in [2.24, 2.45) is 0 Å². The standard InChI is InChI=1S/C13H23NO3/c15-11-17-12(16)13(7-3-1-4-8-13)14-9-5-2-6-10-14/h15H,1-11H2. The number of nitrogens with zero attached hydrogens (tertiary/aromatic N) is 1. The van der Waals surface area contributed by atoms with Crippen molar-refractivity contribution in [1.82, 2.24) is 4.90 Å². The Labute approximate surface area is 103 Å². The van der Waals surface area contributed by atoms with E-state index in [4.69, 9.17) is 9.84 Å². The Morgan fingerprint density at radius 1 is 1.06 bits per heavy atom. The summed E-state index contributed by atoms with van der Waals surface area (Å²) in [7, 11) is 0. The number of carbonyl (C=O) groups is 1. The molecule has 2 rings (SSSR count). The normalized spacial score (nSPS) is 25.5. The van der Waals surface area contributed by atoms with Crippen molar-refractivity contribution in [1.29, 1.82) is 0 Å². The van der Waals surface area contributed by atoms with Gasteiger partial charge >= 0.3 is 5.97 Å². The van der Waals surface area contributed by atoms with Crippen molar-refractivity contribution < 1.29 is 14.6 Å². The van der Waals surface area contributed by atoms with Gasteiger partial charge in [-0.2, -0.15) is 0 Å². The summed E-state index contributed by atoms with van der Waals surface area (Å²) in [6.07, 6.45) is 8.80. The minimum atomic E-state index is -0.492. The maximum absolute atomic E-state index is 12.2. The number of carbonyl (C=O) groups excluding carboxylic acids is 1. The van der Waals surface area contributed by atoms with Crippen LogP contribution in [0.5, 0.6) is 0 Å². The van der Waals surface area contributed by atoms with E-state index in [9.17, 15) is 4.79 Å². The van der Waals surface area contributed by atoms with Gasteiger partial charge in [-0.05, 0) is 38.8 Å². The van der Waals surface area contributed by atoms with Crippen LogP contribution in [-0.4, -0.2) is 41.4 Å². The van der Waals surface area contributed by atoms with E-state index in [2.05, 4.69) is 4.90 Å². The van der Waals surface area contributed by atoms with Crippen LogP contribution in [0.3, 0.4) is 0 Å². The number of ether oxygens (including phenoxy) is 1. The van der Waals surface area contributed by atoms with Crippen LogP contribution in [0.15, 0.2) is 0 Å². The Morgan fingerprint density at radius 2 is 1.65 bits per heavy atom. The van der Waals surface area contributed by atoms with Crippen LogP contribution in [0.4, 0.5) is 0 Å². The van der Waals surface area contributed by atoms with Crippen molar-refractivity contribution >= 4 is 5.97 Å². The molecule has 98 valence electrons. The maximum atomic E-state index is 12.2. The fraction of sp³-hybridized carbons (Fsp3) is 0.923. The Hall–Kier alpha value is -0.610. The van der Waals surface area contributed by atoms with Crippen molar-refractivity contribution in [3.8, 4) is 0 Å². The van der Waals surface area contributed by atoms with Crippen molar-refractivity contribution in [2.45, 2.75) is 56.9 Å². The molecule has 4 heteroatoms. The zero-order valence-corrected chi connectivity index (χ0v) is 10.5. The second-order valence-electron chi connectivity index (χ2n) is 5.20. The summed E-state index contributed by atoms with van der Waals surface area (Å²) < 4.78 is 4.91. The van der Waals surface area contributed by atoms with Crippen molar-refractivity contribution in [3.63, 3.8) is 0 Å². The number of piperidine rings is 1. The molecule has 0 unspecified atom stereocenters. The van der Waals surface area contributed by atoms with E-state index in [0.717, 1.165) is 38.8 Å². The third-order valence-electron chi connectivity index (χ3n) is 4.22. The SMILES string of the molecule is O=C(OCO)C1(N2CCCCC2)CCCCC1. The largest absolute Gasteiger partial charge is 0.437 e. The lowest BCUT2D eigenvalue weighted by atomic mass is 9.79.